The summed E-state index contributed by atoms with van der Waals surface area (Å²) in [7, 11) is 0. The molecule has 2 heterocycles. The summed E-state index contributed by atoms with van der Waals surface area (Å²) in [6, 6.07) is 1.80. The maximum Gasteiger partial charge on any atom is 0.147 e. The van der Waals surface area contributed by atoms with Crippen molar-refractivity contribution in [1.29, 1.82) is 0 Å². The maximum atomic E-state index is 4.09. The standard InChI is InChI=1S/C8H8N4/c1-2-10-8(11-3-1)6-12-5-4-9-7-12/h1-5,7H,6H2. The molecule has 12 heavy (non-hydrogen) atoms. The topological polar surface area (TPSA) is 43.6 Å². The minimum Gasteiger partial charge on any atom is -0.330 e. The second kappa shape index (κ2) is 3.13. The predicted molar refractivity (Wildman–Crippen MR) is 43.4 cm³/mol. The van der Waals surface area contributed by atoms with Crippen LogP contribution in [0.3, 0.4) is 0 Å². The molecule has 2 rings (SSSR count). The van der Waals surface area contributed by atoms with Crippen LogP contribution in [0.5, 0.6) is 0 Å². The highest BCUT2D eigenvalue weighted by atomic mass is 15.0. The van der Waals surface area contributed by atoms with Crippen molar-refractivity contribution in [3.05, 3.63) is 43.0 Å². The van der Waals surface area contributed by atoms with E-state index in [1.807, 2.05) is 10.8 Å². The highest BCUT2D eigenvalue weighted by Crippen LogP contribution is 1.92. The molecule has 0 aromatic carbocycles. The van der Waals surface area contributed by atoms with Crippen LogP contribution < -0.4 is 0 Å². The van der Waals surface area contributed by atoms with Crippen LogP contribution >= 0.6 is 0 Å². The maximum absolute atomic E-state index is 4.09. The molecule has 0 aliphatic carbocycles. The predicted octanol–water partition coefficient (Wildman–Crippen LogP) is 0.721. The zero-order valence-electron chi connectivity index (χ0n) is 6.46. The lowest BCUT2D eigenvalue weighted by Gasteiger charge is -1.98. The molecular formula is C8H8N4. The van der Waals surface area contributed by atoms with Crippen LogP contribution in [0, 0.1) is 0 Å². The molecule has 60 valence electrons. The van der Waals surface area contributed by atoms with Gasteiger partial charge in [-0.3, -0.25) is 0 Å². The minimum absolute atomic E-state index is 0.681. The van der Waals surface area contributed by atoms with Gasteiger partial charge in [0.2, 0.25) is 0 Å². The summed E-state index contributed by atoms with van der Waals surface area (Å²) < 4.78 is 1.93. The van der Waals surface area contributed by atoms with Gasteiger partial charge in [-0.1, -0.05) is 0 Å². The molecule has 0 saturated heterocycles. The summed E-state index contributed by atoms with van der Waals surface area (Å²) >= 11 is 0. The molecule has 0 bridgehead atoms. The van der Waals surface area contributed by atoms with Crippen LogP contribution in [0.25, 0.3) is 0 Å². The molecule has 0 fully saturated rings. The lowest BCUT2D eigenvalue weighted by Crippen LogP contribution is -2.00. The lowest BCUT2D eigenvalue weighted by atomic mass is 10.5. The summed E-state index contributed by atoms with van der Waals surface area (Å²) in [5, 5.41) is 0. The Labute approximate surface area is 69.9 Å². The molecule has 0 spiro atoms. The third-order valence-electron chi connectivity index (χ3n) is 1.50. The second-order valence-corrected chi connectivity index (χ2v) is 2.40. The van der Waals surface area contributed by atoms with Crippen molar-refractivity contribution in [1.82, 2.24) is 19.5 Å². The van der Waals surface area contributed by atoms with Gasteiger partial charge in [0.05, 0.1) is 12.9 Å². The Hall–Kier alpha value is -1.71. The van der Waals surface area contributed by atoms with Crippen molar-refractivity contribution in [2.45, 2.75) is 6.54 Å². The molecule has 4 nitrogen and oxygen atoms in total. The average Bonchev–Trinajstić information content (AvgIpc) is 2.59. The van der Waals surface area contributed by atoms with Gasteiger partial charge in [0.1, 0.15) is 5.82 Å². The van der Waals surface area contributed by atoms with E-state index in [2.05, 4.69) is 15.0 Å². The van der Waals surface area contributed by atoms with Gasteiger partial charge in [0, 0.05) is 24.8 Å². The van der Waals surface area contributed by atoms with E-state index in [0.29, 0.717) is 6.54 Å². The first-order valence-corrected chi connectivity index (χ1v) is 3.67. The molecule has 0 amide bonds. The van der Waals surface area contributed by atoms with Crippen LogP contribution in [0.15, 0.2) is 37.2 Å². The fraction of sp³-hybridized carbons (Fsp3) is 0.125. The number of rotatable bonds is 2. The van der Waals surface area contributed by atoms with Crippen molar-refractivity contribution in [2.75, 3.05) is 0 Å². The van der Waals surface area contributed by atoms with Crippen molar-refractivity contribution in [3.63, 3.8) is 0 Å². The van der Waals surface area contributed by atoms with Crippen LogP contribution in [0.4, 0.5) is 0 Å². The van der Waals surface area contributed by atoms with E-state index in [0.717, 1.165) is 5.82 Å². The first-order chi connectivity index (χ1) is 5.95. The molecule has 2 aromatic rings. The fourth-order valence-electron chi connectivity index (χ4n) is 0.955. The Bertz CT molecular complexity index is 327. The first-order valence-electron chi connectivity index (χ1n) is 3.67. The van der Waals surface area contributed by atoms with Crippen LogP contribution in [-0.2, 0) is 6.54 Å². The number of nitrogens with zero attached hydrogens (tertiary/aromatic N) is 4. The van der Waals surface area contributed by atoms with E-state index in [1.165, 1.54) is 0 Å². The Morgan fingerprint density at radius 2 is 2.00 bits per heavy atom. The molecule has 0 atom stereocenters. The van der Waals surface area contributed by atoms with E-state index < -0.39 is 0 Å². The monoisotopic (exact) mass is 160 g/mol. The van der Waals surface area contributed by atoms with Crippen LogP contribution in [-0.4, -0.2) is 19.5 Å². The van der Waals surface area contributed by atoms with Crippen molar-refractivity contribution in [2.24, 2.45) is 0 Å². The molecule has 0 radical (unpaired) electrons. The Balaban J connectivity index is 2.15. The van der Waals surface area contributed by atoms with Crippen molar-refractivity contribution in [3.8, 4) is 0 Å². The van der Waals surface area contributed by atoms with Crippen molar-refractivity contribution >= 4 is 0 Å². The van der Waals surface area contributed by atoms with E-state index in [4.69, 9.17) is 0 Å². The number of aromatic nitrogens is 4. The van der Waals surface area contributed by atoms with E-state index in [9.17, 15) is 0 Å². The number of hydrogen-bond acceptors (Lipinski definition) is 3. The quantitative estimate of drug-likeness (QED) is 0.650. The lowest BCUT2D eigenvalue weighted by molar-refractivity contribution is 0.743. The first kappa shape index (κ1) is 6.97. The molecule has 0 aliphatic heterocycles. The van der Waals surface area contributed by atoms with Crippen molar-refractivity contribution < 1.29 is 0 Å². The van der Waals surface area contributed by atoms with E-state index >= 15 is 0 Å². The van der Waals surface area contributed by atoms with Gasteiger partial charge in [0.15, 0.2) is 0 Å². The summed E-state index contributed by atoms with van der Waals surface area (Å²) in [4.78, 5) is 12.1. The zero-order chi connectivity index (χ0) is 8.23. The highest BCUT2D eigenvalue weighted by molar-refractivity contribution is 4.90. The zero-order valence-corrected chi connectivity index (χ0v) is 6.46. The molecule has 0 aliphatic rings. The van der Waals surface area contributed by atoms with Crippen LogP contribution in [0.1, 0.15) is 5.82 Å². The third-order valence-corrected chi connectivity index (χ3v) is 1.50. The summed E-state index contributed by atoms with van der Waals surface area (Å²) in [5.41, 5.74) is 0. The average molecular weight is 160 g/mol. The molecular weight excluding hydrogens is 152 g/mol. The number of imidazole rings is 1. The summed E-state index contributed by atoms with van der Waals surface area (Å²) in [5.74, 6) is 0.801. The second-order valence-electron chi connectivity index (χ2n) is 2.40. The van der Waals surface area contributed by atoms with Gasteiger partial charge in [-0.2, -0.15) is 0 Å². The summed E-state index contributed by atoms with van der Waals surface area (Å²) in [6.45, 7) is 0.681. The van der Waals surface area contributed by atoms with Gasteiger partial charge < -0.3 is 4.57 Å². The largest absolute Gasteiger partial charge is 0.330 e. The van der Waals surface area contributed by atoms with E-state index in [-0.39, 0.29) is 0 Å². The minimum atomic E-state index is 0.681. The Kier molecular flexibility index (Phi) is 1.82. The van der Waals surface area contributed by atoms with Gasteiger partial charge >= 0.3 is 0 Å². The normalized spacial score (nSPS) is 10.0. The Morgan fingerprint density at radius 1 is 1.17 bits per heavy atom. The van der Waals surface area contributed by atoms with E-state index in [1.54, 1.807) is 31.0 Å². The third kappa shape index (κ3) is 1.47. The highest BCUT2D eigenvalue weighted by Gasteiger charge is 1.94. The van der Waals surface area contributed by atoms with Crippen LogP contribution in [0.2, 0.25) is 0 Å². The molecule has 4 heteroatoms. The summed E-state index contributed by atoms with van der Waals surface area (Å²) in [6.07, 6.45) is 8.84. The molecule has 0 saturated carbocycles. The van der Waals surface area contributed by atoms with Gasteiger partial charge in [0.25, 0.3) is 0 Å². The molecule has 2 aromatic heterocycles. The van der Waals surface area contributed by atoms with Gasteiger partial charge in [-0.25, -0.2) is 15.0 Å². The number of hydrogen-bond donors (Lipinski definition) is 0. The molecule has 0 N–H and O–H groups in total. The van der Waals surface area contributed by atoms with Gasteiger partial charge in [-0.15, -0.1) is 0 Å². The fourth-order valence-corrected chi connectivity index (χ4v) is 0.955. The molecule has 0 unspecified atom stereocenters. The SMILES string of the molecule is c1cnc(Cn2ccnc2)nc1. The smallest absolute Gasteiger partial charge is 0.147 e. The Morgan fingerprint density at radius 3 is 2.67 bits per heavy atom. The van der Waals surface area contributed by atoms with Gasteiger partial charge in [-0.05, 0) is 6.07 Å².